The second-order valence-electron chi connectivity index (χ2n) is 3.41. The molecule has 0 aliphatic rings. The predicted octanol–water partition coefficient (Wildman–Crippen LogP) is 2.93. The fourth-order valence-electron chi connectivity index (χ4n) is 1.37. The van der Waals surface area contributed by atoms with E-state index in [1.165, 1.54) is 0 Å². The Kier molecular flexibility index (Phi) is 3.35. The third-order valence-electron chi connectivity index (χ3n) is 2.24. The van der Waals surface area contributed by atoms with Crippen molar-refractivity contribution in [2.75, 3.05) is 12.4 Å². The summed E-state index contributed by atoms with van der Waals surface area (Å²) < 4.78 is 5.03. The van der Waals surface area contributed by atoms with Gasteiger partial charge in [0.2, 0.25) is 0 Å². The summed E-state index contributed by atoms with van der Waals surface area (Å²) in [7, 11) is 1.59. The zero-order valence-electron chi connectivity index (χ0n) is 9.16. The molecule has 1 amide bonds. The molecule has 0 saturated carbocycles. The third kappa shape index (κ3) is 2.79. The van der Waals surface area contributed by atoms with Gasteiger partial charge in [-0.3, -0.25) is 4.79 Å². The molecule has 0 aliphatic carbocycles. The number of aromatic amines is 1. The molecule has 2 aromatic rings. The van der Waals surface area contributed by atoms with Gasteiger partial charge in [-0.25, -0.2) is 0 Å². The smallest absolute Gasteiger partial charge is 0.272 e. The van der Waals surface area contributed by atoms with Gasteiger partial charge in [0.05, 0.1) is 12.1 Å². The minimum atomic E-state index is -0.234. The highest BCUT2D eigenvalue weighted by Gasteiger charge is 2.08. The summed E-state index contributed by atoms with van der Waals surface area (Å²) in [4.78, 5) is 14.5. The lowest BCUT2D eigenvalue weighted by atomic mass is 10.3. The summed E-state index contributed by atoms with van der Waals surface area (Å²) in [5.74, 6) is 0.507. The number of anilines is 1. The van der Waals surface area contributed by atoms with Crippen molar-refractivity contribution in [2.45, 2.75) is 0 Å². The zero-order valence-corrected chi connectivity index (χ0v) is 9.91. The number of hydrogen-bond donors (Lipinski definition) is 2. The molecule has 0 saturated heterocycles. The van der Waals surface area contributed by atoms with Crippen molar-refractivity contribution in [1.82, 2.24) is 4.98 Å². The highest BCUT2D eigenvalue weighted by atomic mass is 35.5. The zero-order chi connectivity index (χ0) is 12.3. The number of nitrogens with one attached hydrogen (secondary N) is 2. The van der Waals surface area contributed by atoms with Crippen molar-refractivity contribution < 1.29 is 9.53 Å². The molecule has 0 radical (unpaired) electrons. The van der Waals surface area contributed by atoms with Gasteiger partial charge in [-0.1, -0.05) is 11.6 Å². The summed E-state index contributed by atoms with van der Waals surface area (Å²) in [6, 6.07) is 8.65. The van der Waals surface area contributed by atoms with Crippen LogP contribution in [0.15, 0.2) is 36.5 Å². The molecule has 1 aromatic carbocycles. The molecule has 88 valence electrons. The fourth-order valence-corrected chi connectivity index (χ4v) is 1.54. The first-order valence-corrected chi connectivity index (χ1v) is 5.36. The Labute approximate surface area is 104 Å². The third-order valence-corrected chi connectivity index (χ3v) is 2.46. The lowest BCUT2D eigenvalue weighted by Gasteiger charge is -2.04. The average Bonchev–Trinajstić information content (AvgIpc) is 2.77. The minimum absolute atomic E-state index is 0.234. The van der Waals surface area contributed by atoms with Gasteiger partial charge in [-0.05, 0) is 30.3 Å². The molecule has 0 unspecified atom stereocenters. The summed E-state index contributed by atoms with van der Waals surface area (Å²) in [6.45, 7) is 0. The normalized spacial score (nSPS) is 10.0. The first-order valence-electron chi connectivity index (χ1n) is 4.98. The van der Waals surface area contributed by atoms with E-state index in [0.29, 0.717) is 16.4 Å². The number of carbonyl (C=O) groups excluding carboxylic acids is 1. The lowest BCUT2D eigenvalue weighted by molar-refractivity contribution is 0.102. The number of methoxy groups -OCH3 is 1. The van der Waals surface area contributed by atoms with Crippen molar-refractivity contribution in [3.8, 4) is 5.75 Å². The van der Waals surface area contributed by atoms with Crippen LogP contribution in [0.2, 0.25) is 5.02 Å². The number of halogens is 1. The Morgan fingerprint density at radius 2 is 2.06 bits per heavy atom. The Balaban J connectivity index is 2.07. The van der Waals surface area contributed by atoms with Crippen LogP contribution in [0.3, 0.4) is 0 Å². The second kappa shape index (κ2) is 4.93. The van der Waals surface area contributed by atoms with Crippen LogP contribution in [0.4, 0.5) is 5.69 Å². The van der Waals surface area contributed by atoms with Crippen LogP contribution in [-0.4, -0.2) is 18.0 Å². The van der Waals surface area contributed by atoms with E-state index in [9.17, 15) is 4.79 Å². The second-order valence-corrected chi connectivity index (χ2v) is 3.85. The Morgan fingerprint density at radius 3 is 2.59 bits per heavy atom. The summed E-state index contributed by atoms with van der Waals surface area (Å²) in [5.41, 5.74) is 1.12. The van der Waals surface area contributed by atoms with Crippen molar-refractivity contribution in [1.29, 1.82) is 0 Å². The summed E-state index contributed by atoms with van der Waals surface area (Å²) >= 11 is 5.72. The molecule has 0 atom stereocenters. The maximum absolute atomic E-state index is 11.7. The van der Waals surface area contributed by atoms with Gasteiger partial charge in [0, 0.05) is 11.9 Å². The molecule has 2 N–H and O–H groups in total. The molecular weight excluding hydrogens is 240 g/mol. The fraction of sp³-hybridized carbons (Fsp3) is 0.0833. The predicted molar refractivity (Wildman–Crippen MR) is 66.7 cm³/mol. The van der Waals surface area contributed by atoms with Gasteiger partial charge in [0.15, 0.2) is 0 Å². The van der Waals surface area contributed by atoms with E-state index in [-0.39, 0.29) is 5.91 Å². The molecule has 0 fully saturated rings. The Morgan fingerprint density at radius 1 is 1.35 bits per heavy atom. The number of amides is 1. The van der Waals surface area contributed by atoms with Crippen LogP contribution in [0.5, 0.6) is 5.75 Å². The Hall–Kier alpha value is -1.94. The monoisotopic (exact) mass is 250 g/mol. The van der Waals surface area contributed by atoms with E-state index < -0.39 is 0 Å². The van der Waals surface area contributed by atoms with Crippen molar-refractivity contribution in [2.24, 2.45) is 0 Å². The maximum Gasteiger partial charge on any atom is 0.272 e. The van der Waals surface area contributed by atoms with Crippen LogP contribution in [0.25, 0.3) is 0 Å². The van der Waals surface area contributed by atoms with Crippen LogP contribution in [-0.2, 0) is 0 Å². The molecule has 2 rings (SSSR count). The van der Waals surface area contributed by atoms with Crippen molar-refractivity contribution in [3.63, 3.8) is 0 Å². The highest BCUT2D eigenvalue weighted by Crippen LogP contribution is 2.16. The molecule has 1 heterocycles. The van der Waals surface area contributed by atoms with E-state index in [1.807, 2.05) is 0 Å². The highest BCUT2D eigenvalue weighted by molar-refractivity contribution is 6.31. The van der Waals surface area contributed by atoms with Gasteiger partial charge in [0.1, 0.15) is 11.4 Å². The quantitative estimate of drug-likeness (QED) is 0.880. The van der Waals surface area contributed by atoms with E-state index in [0.717, 1.165) is 5.75 Å². The number of H-pyrrole nitrogens is 1. The van der Waals surface area contributed by atoms with Gasteiger partial charge < -0.3 is 15.0 Å². The van der Waals surface area contributed by atoms with Crippen LogP contribution < -0.4 is 10.1 Å². The molecule has 1 aromatic heterocycles. The van der Waals surface area contributed by atoms with Gasteiger partial charge in [-0.2, -0.15) is 0 Å². The topological polar surface area (TPSA) is 54.1 Å². The number of hydrogen-bond acceptors (Lipinski definition) is 2. The molecule has 5 heteroatoms. The number of carbonyl (C=O) groups is 1. The van der Waals surface area contributed by atoms with E-state index in [1.54, 1.807) is 43.6 Å². The Bertz CT molecular complexity index is 520. The summed E-state index contributed by atoms with van der Waals surface area (Å²) in [6.07, 6.45) is 1.56. The molecule has 4 nitrogen and oxygen atoms in total. The molecule has 0 bridgehead atoms. The molecular formula is C12H11ClN2O2. The van der Waals surface area contributed by atoms with Crippen LogP contribution in [0.1, 0.15) is 10.5 Å². The van der Waals surface area contributed by atoms with Crippen molar-refractivity contribution >= 4 is 23.2 Å². The lowest BCUT2D eigenvalue weighted by Crippen LogP contribution is -2.11. The first kappa shape index (κ1) is 11.5. The SMILES string of the molecule is COc1ccc(NC(=O)c2cc(Cl)c[nH]2)cc1. The number of rotatable bonds is 3. The number of ether oxygens (including phenoxy) is 1. The molecule has 0 aliphatic heterocycles. The first-order chi connectivity index (χ1) is 8.19. The van der Waals surface area contributed by atoms with Crippen molar-refractivity contribution in [3.05, 3.63) is 47.2 Å². The van der Waals surface area contributed by atoms with E-state index in [4.69, 9.17) is 16.3 Å². The molecule has 0 spiro atoms. The summed E-state index contributed by atoms with van der Waals surface area (Å²) in [5, 5.41) is 3.24. The largest absolute Gasteiger partial charge is 0.497 e. The maximum atomic E-state index is 11.7. The minimum Gasteiger partial charge on any atom is -0.497 e. The number of benzene rings is 1. The van der Waals surface area contributed by atoms with Crippen LogP contribution in [0, 0.1) is 0 Å². The van der Waals surface area contributed by atoms with Gasteiger partial charge in [0.25, 0.3) is 5.91 Å². The standard InChI is InChI=1S/C12H11ClN2O2/c1-17-10-4-2-9(3-5-10)15-12(16)11-6-8(13)7-14-11/h2-7,14H,1H3,(H,15,16). The van der Waals surface area contributed by atoms with Gasteiger partial charge in [-0.15, -0.1) is 0 Å². The van der Waals surface area contributed by atoms with Gasteiger partial charge >= 0.3 is 0 Å². The van der Waals surface area contributed by atoms with Crippen LogP contribution >= 0.6 is 11.6 Å². The number of aromatic nitrogens is 1. The molecule has 17 heavy (non-hydrogen) atoms. The average molecular weight is 251 g/mol. The van der Waals surface area contributed by atoms with E-state index >= 15 is 0 Å². The van der Waals surface area contributed by atoms with E-state index in [2.05, 4.69) is 10.3 Å².